The first kappa shape index (κ1) is 20.4. The first-order valence-electron chi connectivity index (χ1n) is 9.84. The molecule has 0 unspecified atom stereocenters. The van der Waals surface area contributed by atoms with E-state index in [-0.39, 0.29) is 5.78 Å². The molecule has 0 saturated carbocycles. The summed E-state index contributed by atoms with van der Waals surface area (Å²) < 4.78 is 0. The maximum absolute atomic E-state index is 13.8. The normalized spacial score (nSPS) is 11.1. The highest BCUT2D eigenvalue weighted by Gasteiger charge is 2.30. The van der Waals surface area contributed by atoms with Crippen LogP contribution in [0.2, 0.25) is 5.02 Å². The van der Waals surface area contributed by atoms with Gasteiger partial charge in [-0.25, -0.2) is 0 Å². The van der Waals surface area contributed by atoms with Crippen LogP contribution >= 0.6 is 18.5 Å². The molecule has 0 radical (unpaired) electrons. The molecule has 0 aliphatic carbocycles. The maximum atomic E-state index is 13.8. The number of hydrogen-bond donors (Lipinski definition) is 0. The van der Waals surface area contributed by atoms with E-state index in [9.17, 15) is 4.79 Å². The molecule has 4 rings (SSSR count). The van der Waals surface area contributed by atoms with Gasteiger partial charge in [0.05, 0.1) is 0 Å². The van der Waals surface area contributed by atoms with Gasteiger partial charge in [-0.05, 0) is 54.0 Å². The standard InChI is InChI=1S/C27H22ClOP/c1-21(27(29)22-17-19-23(28)20-18-22)30(24-11-5-2-6-12-24,25-13-7-3-8-14-25)26-15-9-4-10-16-26/h2-20H,1H3. The van der Waals surface area contributed by atoms with E-state index in [1.165, 1.54) is 15.9 Å². The third-order valence-corrected chi connectivity index (χ3v) is 10.0. The van der Waals surface area contributed by atoms with Gasteiger partial charge in [0.15, 0.2) is 5.78 Å². The summed E-state index contributed by atoms with van der Waals surface area (Å²) in [7, 11) is 0. The average molecular weight is 429 g/mol. The number of benzene rings is 4. The zero-order valence-electron chi connectivity index (χ0n) is 16.7. The molecule has 0 heterocycles. The lowest BCUT2D eigenvalue weighted by atomic mass is 10.1. The number of rotatable bonds is 5. The number of ketones is 1. The Labute approximate surface area is 183 Å². The zero-order chi connectivity index (χ0) is 21.0. The summed E-state index contributed by atoms with van der Waals surface area (Å²) in [6.07, 6.45) is 0. The molecular formula is C27H22ClOP. The molecule has 0 fully saturated rings. The van der Waals surface area contributed by atoms with E-state index in [0.717, 1.165) is 5.29 Å². The molecule has 3 heteroatoms. The van der Waals surface area contributed by atoms with Crippen LogP contribution in [-0.2, 0) is 0 Å². The van der Waals surface area contributed by atoms with Gasteiger partial charge in [-0.15, -0.1) is 0 Å². The summed E-state index contributed by atoms with van der Waals surface area (Å²) in [5.41, 5.74) is 0.657. The molecule has 1 nitrogen and oxygen atoms in total. The van der Waals surface area contributed by atoms with Crippen LogP contribution in [0.5, 0.6) is 0 Å². The average Bonchev–Trinajstić information content (AvgIpc) is 2.82. The van der Waals surface area contributed by atoms with Crippen LogP contribution in [0, 0.1) is 0 Å². The van der Waals surface area contributed by atoms with Crippen molar-refractivity contribution in [2.24, 2.45) is 0 Å². The van der Waals surface area contributed by atoms with Crippen molar-refractivity contribution in [2.45, 2.75) is 6.92 Å². The van der Waals surface area contributed by atoms with Gasteiger partial charge in [-0.1, -0.05) is 103 Å². The highest BCUT2D eigenvalue weighted by atomic mass is 35.5. The summed E-state index contributed by atoms with van der Waals surface area (Å²) in [4.78, 5) is 13.8. The number of Topliss-reactive ketones (excluding diaryl/α,β-unsaturated/α-hetero) is 1. The molecule has 0 bridgehead atoms. The minimum Gasteiger partial charge on any atom is -0.289 e. The van der Waals surface area contributed by atoms with Crippen molar-refractivity contribution in [1.82, 2.24) is 0 Å². The second kappa shape index (κ2) is 8.88. The number of carbonyl (C=O) groups is 1. The van der Waals surface area contributed by atoms with Crippen molar-refractivity contribution in [2.75, 3.05) is 0 Å². The molecule has 4 aromatic carbocycles. The van der Waals surface area contributed by atoms with Gasteiger partial charge in [0.1, 0.15) is 0 Å². The molecule has 0 saturated heterocycles. The Hall–Kier alpha value is -2.86. The number of hydrogen-bond acceptors (Lipinski definition) is 1. The molecule has 0 aliphatic rings. The highest BCUT2D eigenvalue weighted by Crippen LogP contribution is 2.46. The molecule has 30 heavy (non-hydrogen) atoms. The summed E-state index contributed by atoms with van der Waals surface area (Å²) in [6, 6.07) is 38.4. The monoisotopic (exact) mass is 428 g/mol. The molecular weight excluding hydrogens is 407 g/mol. The van der Waals surface area contributed by atoms with Crippen molar-refractivity contribution >= 4 is 45.5 Å². The minimum absolute atomic E-state index is 0.0524. The Morgan fingerprint density at radius 2 is 0.967 bits per heavy atom. The fourth-order valence-corrected chi connectivity index (χ4v) is 8.42. The van der Waals surface area contributed by atoms with E-state index in [0.29, 0.717) is 10.6 Å². The van der Waals surface area contributed by atoms with Crippen molar-refractivity contribution in [3.8, 4) is 0 Å². The van der Waals surface area contributed by atoms with Crippen molar-refractivity contribution in [3.05, 3.63) is 126 Å². The second-order valence-electron chi connectivity index (χ2n) is 7.10. The van der Waals surface area contributed by atoms with Gasteiger partial charge in [0.2, 0.25) is 0 Å². The lowest BCUT2D eigenvalue weighted by Crippen LogP contribution is -2.32. The Kier molecular flexibility index (Phi) is 6.04. The van der Waals surface area contributed by atoms with Crippen LogP contribution < -0.4 is 15.9 Å². The first-order valence-corrected chi connectivity index (χ1v) is 12.0. The van der Waals surface area contributed by atoms with Crippen LogP contribution in [0.4, 0.5) is 0 Å². The number of halogens is 1. The lowest BCUT2D eigenvalue weighted by Gasteiger charge is -2.31. The van der Waals surface area contributed by atoms with Gasteiger partial charge in [0.25, 0.3) is 0 Å². The zero-order valence-corrected chi connectivity index (χ0v) is 18.4. The van der Waals surface area contributed by atoms with Gasteiger partial charge in [-0.3, -0.25) is 4.79 Å². The van der Waals surface area contributed by atoms with E-state index in [2.05, 4.69) is 72.8 Å². The Morgan fingerprint density at radius 3 is 1.33 bits per heavy atom. The van der Waals surface area contributed by atoms with Crippen LogP contribution in [0.1, 0.15) is 17.3 Å². The topological polar surface area (TPSA) is 17.1 Å². The Morgan fingerprint density at radius 1 is 0.600 bits per heavy atom. The second-order valence-corrected chi connectivity index (χ2v) is 11.1. The van der Waals surface area contributed by atoms with Crippen LogP contribution in [0.15, 0.2) is 115 Å². The molecule has 0 aliphatic heterocycles. The molecule has 0 amide bonds. The Bertz CT molecular complexity index is 1090. The van der Waals surface area contributed by atoms with Crippen molar-refractivity contribution in [1.29, 1.82) is 0 Å². The summed E-state index contributed by atoms with van der Waals surface area (Å²) in [5.74, 6) is 0.0524. The maximum Gasteiger partial charge on any atom is 0.189 e. The van der Waals surface area contributed by atoms with Crippen LogP contribution in [0.3, 0.4) is 0 Å². The van der Waals surface area contributed by atoms with Crippen LogP contribution in [-0.4, -0.2) is 11.1 Å². The summed E-state index contributed by atoms with van der Waals surface area (Å²) in [5, 5.41) is 4.99. The predicted molar refractivity (Wildman–Crippen MR) is 132 cm³/mol. The third-order valence-electron chi connectivity index (χ3n) is 5.37. The molecule has 148 valence electrons. The predicted octanol–water partition coefficient (Wildman–Crippen LogP) is 5.71. The van der Waals surface area contributed by atoms with Gasteiger partial charge in [0, 0.05) is 15.9 Å². The molecule has 0 spiro atoms. The van der Waals surface area contributed by atoms with Gasteiger partial charge >= 0.3 is 0 Å². The van der Waals surface area contributed by atoms with Crippen LogP contribution in [0.25, 0.3) is 0 Å². The fraction of sp³-hybridized carbons (Fsp3) is 0.0370. The number of carbonyl (C=O) groups excluding carboxylic acids is 1. The summed E-state index contributed by atoms with van der Waals surface area (Å²) in [6.45, 7) is -0.346. The first-order chi connectivity index (χ1) is 14.6. The third kappa shape index (κ3) is 3.67. The minimum atomic E-state index is -2.34. The van der Waals surface area contributed by atoms with E-state index >= 15 is 0 Å². The fourth-order valence-electron chi connectivity index (χ4n) is 3.95. The smallest absolute Gasteiger partial charge is 0.189 e. The molecule has 4 aromatic rings. The Balaban J connectivity index is 2.13. The van der Waals surface area contributed by atoms with Crippen molar-refractivity contribution in [3.63, 3.8) is 0 Å². The molecule has 0 atom stereocenters. The van der Waals surface area contributed by atoms with E-state index in [4.69, 9.17) is 11.6 Å². The summed E-state index contributed by atoms with van der Waals surface area (Å²) >= 11 is 6.06. The van der Waals surface area contributed by atoms with Gasteiger partial charge < -0.3 is 0 Å². The largest absolute Gasteiger partial charge is 0.289 e. The lowest BCUT2D eigenvalue weighted by molar-refractivity contribution is 0.106. The van der Waals surface area contributed by atoms with Gasteiger partial charge in [-0.2, -0.15) is 0 Å². The molecule has 0 N–H and O–H groups in total. The quantitative estimate of drug-likeness (QED) is 0.294. The SMILES string of the molecule is CC(C(=O)c1ccc(Cl)cc1)=P(c1ccccc1)(c1ccccc1)c1ccccc1. The molecule has 0 aromatic heterocycles. The van der Waals surface area contributed by atoms with Crippen molar-refractivity contribution < 1.29 is 4.79 Å². The van der Waals surface area contributed by atoms with E-state index in [1.54, 1.807) is 12.1 Å². The van der Waals surface area contributed by atoms with E-state index in [1.807, 2.05) is 37.3 Å². The highest BCUT2D eigenvalue weighted by molar-refractivity contribution is 7.96. The van der Waals surface area contributed by atoms with E-state index < -0.39 is 6.89 Å².